The van der Waals surface area contributed by atoms with Crippen molar-refractivity contribution in [3.63, 3.8) is 0 Å². The van der Waals surface area contributed by atoms with Crippen LogP contribution in [0.4, 0.5) is 14.9 Å². The SMILES string of the molecule is CCc1ccc(/C=C2\SC(=O)N(CC(=O)Nc3ccccc3F)C2=O)cc1. The minimum atomic E-state index is -0.643. The van der Waals surface area contributed by atoms with Crippen LogP contribution in [0.5, 0.6) is 0 Å². The molecule has 1 fully saturated rings. The Balaban J connectivity index is 1.69. The third-order valence-corrected chi connectivity index (χ3v) is 4.92. The molecule has 0 spiro atoms. The van der Waals surface area contributed by atoms with Gasteiger partial charge in [-0.1, -0.05) is 43.3 Å². The number of carbonyl (C=O) groups is 3. The summed E-state index contributed by atoms with van der Waals surface area (Å²) in [4.78, 5) is 37.8. The van der Waals surface area contributed by atoms with Crippen LogP contribution in [0, 0.1) is 5.82 Å². The molecule has 7 heteroatoms. The summed E-state index contributed by atoms with van der Waals surface area (Å²) in [5, 5.41) is 1.84. The number of carbonyl (C=O) groups excluding carboxylic acids is 3. The van der Waals surface area contributed by atoms with Gasteiger partial charge in [0.1, 0.15) is 12.4 Å². The number of halogens is 1. The molecule has 1 aliphatic rings. The lowest BCUT2D eigenvalue weighted by atomic mass is 10.1. The highest BCUT2D eigenvalue weighted by Gasteiger charge is 2.36. The first-order valence-electron chi connectivity index (χ1n) is 8.36. The van der Waals surface area contributed by atoms with Crippen molar-refractivity contribution in [3.8, 4) is 0 Å². The van der Waals surface area contributed by atoms with E-state index in [1.165, 1.54) is 23.8 Å². The van der Waals surface area contributed by atoms with Gasteiger partial charge in [-0.2, -0.15) is 0 Å². The number of benzene rings is 2. The Morgan fingerprint density at radius 2 is 1.85 bits per heavy atom. The minimum absolute atomic E-state index is 0.000951. The summed E-state index contributed by atoms with van der Waals surface area (Å²) in [5.74, 6) is -1.76. The van der Waals surface area contributed by atoms with E-state index in [-0.39, 0.29) is 10.6 Å². The molecule has 1 N–H and O–H groups in total. The molecular formula is C20H17FN2O3S. The average molecular weight is 384 g/mol. The highest BCUT2D eigenvalue weighted by atomic mass is 32.2. The summed E-state index contributed by atoms with van der Waals surface area (Å²) in [7, 11) is 0. The number of rotatable bonds is 5. The largest absolute Gasteiger partial charge is 0.322 e. The van der Waals surface area contributed by atoms with Gasteiger partial charge in [-0.25, -0.2) is 4.39 Å². The maximum atomic E-state index is 13.6. The second-order valence-electron chi connectivity index (χ2n) is 5.89. The first-order chi connectivity index (χ1) is 13.0. The van der Waals surface area contributed by atoms with Crippen LogP contribution in [0.2, 0.25) is 0 Å². The Kier molecular flexibility index (Phi) is 5.71. The summed E-state index contributed by atoms with van der Waals surface area (Å²) in [6.07, 6.45) is 2.53. The standard InChI is InChI=1S/C20H17FN2O3S/c1-2-13-7-9-14(10-8-13)11-17-19(25)23(20(26)27-17)12-18(24)22-16-6-4-3-5-15(16)21/h3-11H,2,12H2,1H3,(H,22,24)/b17-11-. The van der Waals surface area contributed by atoms with Crippen molar-refractivity contribution in [1.82, 2.24) is 4.90 Å². The molecule has 0 saturated carbocycles. The monoisotopic (exact) mass is 384 g/mol. The van der Waals surface area contributed by atoms with E-state index < -0.39 is 29.4 Å². The fourth-order valence-electron chi connectivity index (χ4n) is 2.53. The summed E-state index contributed by atoms with van der Waals surface area (Å²) in [6, 6.07) is 13.3. The first-order valence-corrected chi connectivity index (χ1v) is 9.18. The number of hydrogen-bond donors (Lipinski definition) is 1. The van der Waals surface area contributed by atoms with E-state index in [4.69, 9.17) is 0 Å². The maximum Gasteiger partial charge on any atom is 0.294 e. The van der Waals surface area contributed by atoms with Crippen LogP contribution in [-0.4, -0.2) is 28.5 Å². The molecule has 0 atom stereocenters. The number of thioether (sulfide) groups is 1. The molecule has 27 heavy (non-hydrogen) atoms. The van der Waals surface area contributed by atoms with Gasteiger partial charge in [0.2, 0.25) is 5.91 Å². The molecule has 138 valence electrons. The number of nitrogens with one attached hydrogen (secondary N) is 1. The van der Waals surface area contributed by atoms with Crippen LogP contribution in [-0.2, 0) is 16.0 Å². The molecule has 1 saturated heterocycles. The van der Waals surface area contributed by atoms with E-state index in [0.29, 0.717) is 0 Å². The van der Waals surface area contributed by atoms with E-state index in [1.807, 2.05) is 31.2 Å². The Hall–Kier alpha value is -2.93. The molecule has 2 aromatic rings. The number of hydrogen-bond acceptors (Lipinski definition) is 4. The predicted octanol–water partition coefficient (Wildman–Crippen LogP) is 4.06. The predicted molar refractivity (Wildman–Crippen MR) is 104 cm³/mol. The van der Waals surface area contributed by atoms with Crippen molar-refractivity contribution in [2.45, 2.75) is 13.3 Å². The van der Waals surface area contributed by atoms with Crippen LogP contribution in [0.25, 0.3) is 6.08 Å². The third-order valence-electron chi connectivity index (χ3n) is 4.01. The van der Waals surface area contributed by atoms with E-state index in [0.717, 1.165) is 28.6 Å². The normalized spacial score (nSPS) is 15.5. The summed E-state index contributed by atoms with van der Waals surface area (Å²) in [6.45, 7) is 1.58. The van der Waals surface area contributed by atoms with Gasteiger partial charge in [-0.05, 0) is 47.5 Å². The molecule has 3 amide bonds. The molecular weight excluding hydrogens is 367 g/mol. The van der Waals surface area contributed by atoms with Crippen molar-refractivity contribution in [1.29, 1.82) is 0 Å². The second-order valence-corrected chi connectivity index (χ2v) is 6.88. The third kappa shape index (κ3) is 4.43. The zero-order chi connectivity index (χ0) is 19.4. The lowest BCUT2D eigenvalue weighted by molar-refractivity contribution is -0.127. The molecule has 0 unspecified atom stereocenters. The van der Waals surface area contributed by atoms with Gasteiger partial charge in [0, 0.05) is 0 Å². The van der Waals surface area contributed by atoms with Crippen LogP contribution in [0.3, 0.4) is 0 Å². The molecule has 1 heterocycles. The average Bonchev–Trinajstić information content (AvgIpc) is 2.91. The van der Waals surface area contributed by atoms with Crippen LogP contribution in [0.1, 0.15) is 18.1 Å². The van der Waals surface area contributed by atoms with Crippen LogP contribution >= 0.6 is 11.8 Å². The molecule has 2 aromatic carbocycles. The Morgan fingerprint density at radius 3 is 2.52 bits per heavy atom. The smallest absolute Gasteiger partial charge is 0.294 e. The molecule has 5 nitrogen and oxygen atoms in total. The zero-order valence-corrected chi connectivity index (χ0v) is 15.4. The lowest BCUT2D eigenvalue weighted by Gasteiger charge is -2.12. The number of amides is 3. The quantitative estimate of drug-likeness (QED) is 0.790. The van der Waals surface area contributed by atoms with Crippen LogP contribution in [0.15, 0.2) is 53.4 Å². The number of imide groups is 1. The lowest BCUT2D eigenvalue weighted by Crippen LogP contribution is -2.36. The highest BCUT2D eigenvalue weighted by Crippen LogP contribution is 2.32. The first kappa shape index (κ1) is 18.8. The highest BCUT2D eigenvalue weighted by molar-refractivity contribution is 8.18. The Labute approximate surface area is 160 Å². The molecule has 3 rings (SSSR count). The van der Waals surface area contributed by atoms with Crippen molar-refractivity contribution in [2.24, 2.45) is 0 Å². The fourth-order valence-corrected chi connectivity index (χ4v) is 3.37. The number of para-hydroxylation sites is 1. The van der Waals surface area contributed by atoms with E-state index >= 15 is 0 Å². The molecule has 0 aromatic heterocycles. The minimum Gasteiger partial charge on any atom is -0.322 e. The van der Waals surface area contributed by atoms with Crippen molar-refractivity contribution >= 4 is 40.6 Å². The number of aryl methyl sites for hydroxylation is 1. The maximum absolute atomic E-state index is 13.6. The summed E-state index contributed by atoms with van der Waals surface area (Å²) in [5.41, 5.74) is 1.97. The molecule has 1 aliphatic heterocycles. The van der Waals surface area contributed by atoms with Gasteiger partial charge in [-0.15, -0.1) is 0 Å². The second kappa shape index (κ2) is 8.18. The molecule has 0 radical (unpaired) electrons. The van der Waals surface area contributed by atoms with Crippen LogP contribution < -0.4 is 5.32 Å². The van der Waals surface area contributed by atoms with Gasteiger partial charge in [0.05, 0.1) is 10.6 Å². The molecule has 0 bridgehead atoms. The Bertz CT molecular complexity index is 925. The fraction of sp³-hybridized carbons (Fsp3) is 0.150. The number of anilines is 1. The van der Waals surface area contributed by atoms with Gasteiger partial charge >= 0.3 is 0 Å². The Morgan fingerprint density at radius 1 is 1.15 bits per heavy atom. The van der Waals surface area contributed by atoms with Gasteiger partial charge in [-0.3, -0.25) is 19.3 Å². The van der Waals surface area contributed by atoms with Gasteiger partial charge in [0.15, 0.2) is 0 Å². The zero-order valence-electron chi connectivity index (χ0n) is 14.6. The summed E-state index contributed by atoms with van der Waals surface area (Å²) >= 11 is 0.782. The van der Waals surface area contributed by atoms with Gasteiger partial charge in [0.25, 0.3) is 11.1 Å². The van der Waals surface area contributed by atoms with Gasteiger partial charge < -0.3 is 5.32 Å². The van der Waals surface area contributed by atoms with E-state index in [1.54, 1.807) is 12.1 Å². The topological polar surface area (TPSA) is 66.5 Å². The van der Waals surface area contributed by atoms with Crippen molar-refractivity contribution < 1.29 is 18.8 Å². The van der Waals surface area contributed by atoms with E-state index in [2.05, 4.69) is 5.32 Å². The van der Waals surface area contributed by atoms with Crippen molar-refractivity contribution in [3.05, 3.63) is 70.4 Å². The van der Waals surface area contributed by atoms with Crippen molar-refractivity contribution in [2.75, 3.05) is 11.9 Å². The number of nitrogens with zero attached hydrogens (tertiary/aromatic N) is 1. The summed E-state index contributed by atoms with van der Waals surface area (Å²) < 4.78 is 13.6. The van der Waals surface area contributed by atoms with E-state index in [9.17, 15) is 18.8 Å². The molecule has 0 aliphatic carbocycles.